The molecule has 0 spiro atoms. The molecule has 2 fully saturated rings. The largest absolute Gasteiger partial charge is 0.497 e. The normalized spacial score (nSPS) is 23.3. The smallest absolute Gasteiger partial charge is 0.256 e. The molecular formula is C21H23ClF2N2O2. The van der Waals surface area contributed by atoms with E-state index in [1.54, 1.807) is 17.0 Å². The number of hydrogen-bond donors (Lipinski definition) is 1. The average molecular weight is 409 g/mol. The number of methoxy groups -OCH3 is 1. The van der Waals surface area contributed by atoms with Crippen LogP contribution >= 0.6 is 12.4 Å². The Balaban J connectivity index is 0.00000225. The molecule has 0 aromatic heterocycles. The third-order valence-electron chi connectivity index (χ3n) is 5.89. The molecule has 28 heavy (non-hydrogen) atoms. The Morgan fingerprint density at radius 2 is 1.89 bits per heavy atom. The Labute approximate surface area is 169 Å². The summed E-state index contributed by atoms with van der Waals surface area (Å²) >= 11 is 0. The van der Waals surface area contributed by atoms with Crippen molar-refractivity contribution in [1.29, 1.82) is 0 Å². The van der Waals surface area contributed by atoms with Crippen LogP contribution in [0.3, 0.4) is 0 Å². The fourth-order valence-corrected chi connectivity index (χ4v) is 4.36. The van der Waals surface area contributed by atoms with Gasteiger partial charge < -0.3 is 15.4 Å². The van der Waals surface area contributed by atoms with E-state index in [0.717, 1.165) is 12.8 Å². The fourth-order valence-electron chi connectivity index (χ4n) is 4.36. The first kappa shape index (κ1) is 20.6. The summed E-state index contributed by atoms with van der Waals surface area (Å²) in [5.41, 5.74) is 6.77. The van der Waals surface area contributed by atoms with Crippen LogP contribution in [0.25, 0.3) is 11.1 Å². The Morgan fingerprint density at radius 1 is 1.11 bits per heavy atom. The number of fused-ring (bicyclic) bond motifs is 1. The number of nitrogens with zero attached hydrogens (tertiary/aromatic N) is 1. The van der Waals surface area contributed by atoms with Gasteiger partial charge in [0.1, 0.15) is 17.4 Å². The van der Waals surface area contributed by atoms with Crippen molar-refractivity contribution in [2.75, 3.05) is 20.2 Å². The van der Waals surface area contributed by atoms with Crippen molar-refractivity contribution >= 4 is 18.3 Å². The van der Waals surface area contributed by atoms with E-state index in [2.05, 4.69) is 0 Å². The van der Waals surface area contributed by atoms with Crippen LogP contribution in [0.2, 0.25) is 0 Å². The number of hydrogen-bond acceptors (Lipinski definition) is 3. The van der Waals surface area contributed by atoms with E-state index >= 15 is 0 Å². The summed E-state index contributed by atoms with van der Waals surface area (Å²) in [6.45, 7) is 1.21. The van der Waals surface area contributed by atoms with Gasteiger partial charge in [0.25, 0.3) is 5.91 Å². The van der Waals surface area contributed by atoms with Gasteiger partial charge >= 0.3 is 0 Å². The molecule has 0 bridgehead atoms. The standard InChI is InChI=1S/C21H22F2N2O2.ClH/c1-27-14-4-6-15(19(23)9-14)12-2-5-16(18(22)8-12)21(26)25-10-13-3-7-20(24)17(13)11-25;/h2,4-6,8-9,13,17,20H,3,7,10-11,24H2,1H3;1H. The van der Waals surface area contributed by atoms with Crippen LogP contribution in [-0.4, -0.2) is 37.0 Å². The zero-order valence-electron chi connectivity index (χ0n) is 15.5. The minimum absolute atomic E-state index is 0. The molecule has 4 nitrogen and oxygen atoms in total. The third-order valence-corrected chi connectivity index (χ3v) is 5.89. The van der Waals surface area contributed by atoms with Crippen molar-refractivity contribution in [1.82, 2.24) is 4.90 Å². The van der Waals surface area contributed by atoms with Gasteiger partial charge in [0, 0.05) is 30.8 Å². The molecular weight excluding hydrogens is 386 g/mol. The van der Waals surface area contributed by atoms with Gasteiger partial charge in [0.15, 0.2) is 0 Å². The quantitative estimate of drug-likeness (QED) is 0.838. The molecule has 3 atom stereocenters. The van der Waals surface area contributed by atoms with E-state index in [4.69, 9.17) is 10.5 Å². The van der Waals surface area contributed by atoms with Crippen LogP contribution in [-0.2, 0) is 0 Å². The predicted octanol–water partition coefficient (Wildman–Crippen LogP) is 3.87. The van der Waals surface area contributed by atoms with E-state index in [0.29, 0.717) is 36.2 Å². The summed E-state index contributed by atoms with van der Waals surface area (Å²) in [6.07, 6.45) is 2.02. The highest BCUT2D eigenvalue weighted by molar-refractivity contribution is 5.95. The molecule has 2 aromatic rings. The lowest BCUT2D eigenvalue weighted by Gasteiger charge is -2.19. The van der Waals surface area contributed by atoms with Crippen molar-refractivity contribution in [3.05, 3.63) is 53.6 Å². The Hall–Kier alpha value is -2.18. The van der Waals surface area contributed by atoms with E-state index < -0.39 is 11.6 Å². The molecule has 1 heterocycles. The van der Waals surface area contributed by atoms with Gasteiger partial charge in [-0.2, -0.15) is 0 Å². The lowest BCUT2D eigenvalue weighted by Crippen LogP contribution is -2.33. The van der Waals surface area contributed by atoms with Gasteiger partial charge in [-0.25, -0.2) is 8.78 Å². The molecule has 1 aliphatic heterocycles. The number of nitrogens with two attached hydrogens (primary N) is 1. The number of carbonyl (C=O) groups is 1. The monoisotopic (exact) mass is 408 g/mol. The summed E-state index contributed by atoms with van der Waals surface area (Å²) in [7, 11) is 1.45. The van der Waals surface area contributed by atoms with Crippen molar-refractivity contribution in [2.45, 2.75) is 18.9 Å². The SMILES string of the molecule is COc1ccc(-c2ccc(C(=O)N3CC4CCC(N)C4C3)c(F)c2)c(F)c1.Cl. The van der Waals surface area contributed by atoms with Gasteiger partial charge in [-0.05, 0) is 54.5 Å². The number of amides is 1. The summed E-state index contributed by atoms with van der Waals surface area (Å²) in [5.74, 6) is -0.357. The molecule has 2 N–H and O–H groups in total. The van der Waals surface area contributed by atoms with Gasteiger partial charge in [0.05, 0.1) is 12.7 Å². The van der Waals surface area contributed by atoms with Crippen LogP contribution in [0.4, 0.5) is 8.78 Å². The minimum Gasteiger partial charge on any atom is -0.497 e. The number of likely N-dealkylation sites (tertiary alicyclic amines) is 1. The van der Waals surface area contributed by atoms with Gasteiger partial charge in [-0.3, -0.25) is 4.79 Å². The summed E-state index contributed by atoms with van der Waals surface area (Å²) in [6, 6.07) is 8.74. The molecule has 2 aromatic carbocycles. The molecule has 1 aliphatic carbocycles. The van der Waals surface area contributed by atoms with E-state index in [-0.39, 0.29) is 35.5 Å². The summed E-state index contributed by atoms with van der Waals surface area (Å²) in [5, 5.41) is 0. The molecule has 4 rings (SSSR count). The predicted molar refractivity (Wildman–Crippen MR) is 106 cm³/mol. The molecule has 3 unspecified atom stereocenters. The zero-order valence-corrected chi connectivity index (χ0v) is 16.3. The van der Waals surface area contributed by atoms with Crippen LogP contribution in [0.5, 0.6) is 5.75 Å². The third kappa shape index (κ3) is 3.59. The number of halogens is 3. The van der Waals surface area contributed by atoms with Crippen molar-refractivity contribution < 1.29 is 18.3 Å². The molecule has 1 amide bonds. The second-order valence-corrected chi connectivity index (χ2v) is 7.42. The maximum Gasteiger partial charge on any atom is 0.256 e. The highest BCUT2D eigenvalue weighted by atomic mass is 35.5. The first-order valence-corrected chi connectivity index (χ1v) is 9.16. The van der Waals surface area contributed by atoms with Crippen molar-refractivity contribution in [2.24, 2.45) is 17.6 Å². The first-order chi connectivity index (χ1) is 13.0. The molecule has 1 saturated carbocycles. The Kier molecular flexibility index (Phi) is 5.91. The number of benzene rings is 2. The topological polar surface area (TPSA) is 55.6 Å². The minimum atomic E-state index is -0.644. The molecule has 150 valence electrons. The lowest BCUT2D eigenvalue weighted by molar-refractivity contribution is 0.0775. The Morgan fingerprint density at radius 3 is 2.54 bits per heavy atom. The average Bonchev–Trinajstić information content (AvgIpc) is 3.23. The van der Waals surface area contributed by atoms with Crippen LogP contribution < -0.4 is 10.5 Å². The second kappa shape index (κ2) is 8.05. The second-order valence-electron chi connectivity index (χ2n) is 7.42. The number of carbonyl (C=O) groups excluding carboxylic acids is 1. The molecule has 2 aliphatic rings. The van der Waals surface area contributed by atoms with E-state index in [9.17, 15) is 13.6 Å². The highest BCUT2D eigenvalue weighted by Gasteiger charge is 2.42. The number of rotatable bonds is 3. The van der Waals surface area contributed by atoms with Crippen LogP contribution in [0.15, 0.2) is 36.4 Å². The van der Waals surface area contributed by atoms with Crippen LogP contribution in [0.1, 0.15) is 23.2 Å². The van der Waals surface area contributed by atoms with Gasteiger partial charge in [0.2, 0.25) is 0 Å². The van der Waals surface area contributed by atoms with Crippen molar-refractivity contribution in [3.8, 4) is 16.9 Å². The van der Waals surface area contributed by atoms with Crippen LogP contribution in [0, 0.1) is 23.5 Å². The maximum atomic E-state index is 14.7. The Bertz CT molecular complexity index is 893. The fraction of sp³-hybridized carbons (Fsp3) is 0.381. The van der Waals surface area contributed by atoms with Crippen molar-refractivity contribution in [3.63, 3.8) is 0 Å². The highest BCUT2D eigenvalue weighted by Crippen LogP contribution is 2.38. The lowest BCUT2D eigenvalue weighted by atomic mass is 9.98. The molecule has 0 radical (unpaired) electrons. The van der Waals surface area contributed by atoms with Gasteiger partial charge in [-0.1, -0.05) is 6.07 Å². The first-order valence-electron chi connectivity index (χ1n) is 9.16. The van der Waals surface area contributed by atoms with Gasteiger partial charge in [-0.15, -0.1) is 12.4 Å². The molecule has 1 saturated heterocycles. The maximum absolute atomic E-state index is 14.7. The zero-order chi connectivity index (χ0) is 19.1. The van der Waals surface area contributed by atoms with E-state index in [1.807, 2.05) is 0 Å². The summed E-state index contributed by atoms with van der Waals surface area (Å²) in [4.78, 5) is 14.5. The summed E-state index contributed by atoms with van der Waals surface area (Å²) < 4.78 is 33.9. The molecule has 7 heteroatoms. The van der Waals surface area contributed by atoms with E-state index in [1.165, 1.54) is 31.4 Å². The number of ether oxygens (including phenoxy) is 1.